The second-order valence-electron chi connectivity index (χ2n) is 5.18. The number of rotatable bonds is 4. The fourth-order valence-corrected chi connectivity index (χ4v) is 2.36. The molecule has 2 heterocycles. The van der Waals surface area contributed by atoms with Crippen LogP contribution in [0.2, 0.25) is 0 Å². The summed E-state index contributed by atoms with van der Waals surface area (Å²) >= 11 is 0. The summed E-state index contributed by atoms with van der Waals surface area (Å²) in [6.07, 6.45) is 3.32. The van der Waals surface area contributed by atoms with Crippen LogP contribution in [0.4, 0.5) is 11.5 Å². The molecule has 2 aromatic heterocycles. The number of hydrogen-bond donors (Lipinski definition) is 3. The minimum absolute atomic E-state index is 0.222. The van der Waals surface area contributed by atoms with E-state index in [2.05, 4.69) is 20.3 Å². The fraction of sp³-hybridized carbons (Fsp3) is 0.200. The molecule has 0 saturated heterocycles. The number of anilines is 1. The summed E-state index contributed by atoms with van der Waals surface area (Å²) in [7, 11) is 1.66. The minimum atomic E-state index is -0.359. The smallest absolute Gasteiger partial charge is 0.349 e. The quantitative estimate of drug-likeness (QED) is 0.477. The van der Waals surface area contributed by atoms with Crippen molar-refractivity contribution in [3.63, 3.8) is 0 Å². The predicted octanol–water partition coefficient (Wildman–Crippen LogP) is 0.481. The average molecular weight is 313 g/mol. The Balaban J connectivity index is 2.09. The molecule has 1 aromatic carbocycles. The number of fused-ring (bicyclic) bond motifs is 1. The molecule has 0 aliphatic heterocycles. The molecule has 0 spiro atoms. The summed E-state index contributed by atoms with van der Waals surface area (Å²) in [6, 6.07) is 6.79. The maximum atomic E-state index is 12.0. The van der Waals surface area contributed by atoms with Crippen LogP contribution in [0.5, 0.6) is 0 Å². The van der Waals surface area contributed by atoms with Crippen molar-refractivity contribution >= 4 is 22.4 Å². The third kappa shape index (κ3) is 2.89. The lowest BCUT2D eigenvalue weighted by Gasteiger charge is -2.15. The molecule has 0 saturated carbocycles. The van der Waals surface area contributed by atoms with Crippen LogP contribution in [0.1, 0.15) is 18.8 Å². The number of nitrogens with one attached hydrogen (secondary N) is 1. The van der Waals surface area contributed by atoms with Crippen molar-refractivity contribution in [3.8, 4) is 0 Å². The van der Waals surface area contributed by atoms with Crippen LogP contribution in [0.25, 0.3) is 10.9 Å². The van der Waals surface area contributed by atoms with Gasteiger partial charge < -0.3 is 5.32 Å². The normalized spacial score (nSPS) is 12.3. The summed E-state index contributed by atoms with van der Waals surface area (Å²) < 4.78 is 1.46. The first-order valence-corrected chi connectivity index (χ1v) is 7.12. The van der Waals surface area contributed by atoms with Crippen LogP contribution in [-0.4, -0.2) is 24.7 Å². The Morgan fingerprint density at radius 2 is 2.04 bits per heavy atom. The van der Waals surface area contributed by atoms with E-state index in [1.807, 2.05) is 6.92 Å². The van der Waals surface area contributed by atoms with Crippen LogP contribution in [-0.2, 0) is 7.05 Å². The van der Waals surface area contributed by atoms with Gasteiger partial charge in [0.2, 0.25) is 0 Å². The van der Waals surface area contributed by atoms with Crippen LogP contribution < -0.4 is 16.5 Å². The first-order valence-electron chi connectivity index (χ1n) is 7.12. The van der Waals surface area contributed by atoms with Crippen LogP contribution >= 0.6 is 0 Å². The number of aryl methyl sites for hydroxylation is 1. The molecular weight excluding hydrogens is 296 g/mol. The fourth-order valence-electron chi connectivity index (χ4n) is 2.36. The van der Waals surface area contributed by atoms with Gasteiger partial charge in [0.1, 0.15) is 11.6 Å². The van der Waals surface area contributed by atoms with E-state index in [4.69, 9.17) is 0 Å². The molecule has 0 fully saturated rings. The van der Waals surface area contributed by atoms with Crippen molar-refractivity contribution in [1.82, 2.24) is 19.5 Å². The number of aromatic nitrogens is 4. The molecule has 0 aliphatic carbocycles. The summed E-state index contributed by atoms with van der Waals surface area (Å²) in [5, 5.41) is 13.1. The van der Waals surface area contributed by atoms with Gasteiger partial charge in [-0.25, -0.2) is 20.0 Å². The molecular formula is C15H17N6O2+. The summed E-state index contributed by atoms with van der Waals surface area (Å²) in [6.45, 7) is 1.89. The third-order valence-corrected chi connectivity index (χ3v) is 3.61. The third-order valence-electron chi connectivity index (χ3n) is 3.61. The zero-order chi connectivity index (χ0) is 16.4. The van der Waals surface area contributed by atoms with Crippen molar-refractivity contribution in [1.29, 1.82) is 0 Å². The largest absolute Gasteiger partial charge is 0.360 e. The average Bonchev–Trinajstić information content (AvgIpc) is 2.59. The molecule has 4 N–H and O–H groups in total. The van der Waals surface area contributed by atoms with Crippen molar-refractivity contribution in [2.45, 2.75) is 13.0 Å². The molecule has 118 valence electrons. The molecule has 0 bridgehead atoms. The van der Waals surface area contributed by atoms with Crippen molar-refractivity contribution in [2.75, 3.05) is 5.32 Å². The van der Waals surface area contributed by atoms with Gasteiger partial charge in [0, 0.05) is 37.0 Å². The van der Waals surface area contributed by atoms with Crippen LogP contribution in [0.15, 0.2) is 41.5 Å². The molecule has 0 radical (unpaired) electrons. The van der Waals surface area contributed by atoms with E-state index in [0.29, 0.717) is 17.3 Å². The number of nitrogens with zero attached hydrogens (tertiary/aromatic N) is 4. The number of benzene rings is 1. The summed E-state index contributed by atoms with van der Waals surface area (Å²) in [4.78, 5) is 24.5. The van der Waals surface area contributed by atoms with Gasteiger partial charge in [-0.3, -0.25) is 4.57 Å². The highest BCUT2D eigenvalue weighted by atomic mass is 16.5. The highest BCUT2D eigenvalue weighted by Crippen LogP contribution is 2.24. The summed E-state index contributed by atoms with van der Waals surface area (Å²) in [5.74, 6) is 1.04. The standard InChI is InChI=1S/C15H16N6O2/c1-9(13-16-6-3-7-17-13)18-14-11-8-10(20-23)4-5-12(11)21(2)15(22)19-14/h3-9,20,23H,1-2H3,(H,18,19,22)/p+1. The van der Waals surface area contributed by atoms with Crippen molar-refractivity contribution in [3.05, 3.63) is 53.0 Å². The van der Waals surface area contributed by atoms with E-state index in [0.717, 1.165) is 16.4 Å². The highest BCUT2D eigenvalue weighted by molar-refractivity contribution is 5.91. The Hall–Kier alpha value is -2.84. The zero-order valence-corrected chi connectivity index (χ0v) is 12.8. The summed E-state index contributed by atoms with van der Waals surface area (Å²) in [5.41, 5.74) is 2.00. The predicted molar refractivity (Wildman–Crippen MR) is 84.4 cm³/mol. The zero-order valence-electron chi connectivity index (χ0n) is 12.8. The Morgan fingerprint density at radius 3 is 2.74 bits per heavy atom. The van der Waals surface area contributed by atoms with E-state index in [1.54, 1.807) is 43.7 Å². The molecule has 1 atom stereocenters. The Morgan fingerprint density at radius 1 is 1.30 bits per heavy atom. The van der Waals surface area contributed by atoms with Gasteiger partial charge >= 0.3 is 5.69 Å². The molecule has 23 heavy (non-hydrogen) atoms. The van der Waals surface area contributed by atoms with E-state index < -0.39 is 0 Å². The maximum absolute atomic E-state index is 12.0. The lowest BCUT2D eigenvalue weighted by atomic mass is 10.2. The monoisotopic (exact) mass is 313 g/mol. The van der Waals surface area contributed by atoms with Crippen molar-refractivity contribution in [2.24, 2.45) is 7.05 Å². The SMILES string of the molecule is CC(Nc1nc(=O)n(C)c2ccc([NH2+]O)cc12)c1ncccn1. The van der Waals surface area contributed by atoms with E-state index in [9.17, 15) is 10.0 Å². The van der Waals surface area contributed by atoms with Gasteiger partial charge in [-0.1, -0.05) is 0 Å². The first-order chi connectivity index (χ1) is 11.1. The molecule has 8 heteroatoms. The first kappa shape index (κ1) is 15.1. The molecule has 3 aromatic rings. The Kier molecular flexibility index (Phi) is 4.00. The van der Waals surface area contributed by atoms with Crippen molar-refractivity contribution < 1.29 is 10.7 Å². The lowest BCUT2D eigenvalue weighted by Crippen LogP contribution is -2.73. The molecule has 0 aliphatic rings. The number of quaternary nitrogens is 1. The van der Waals surface area contributed by atoms with Gasteiger partial charge in [0.05, 0.1) is 11.6 Å². The van der Waals surface area contributed by atoms with E-state index >= 15 is 0 Å². The second-order valence-corrected chi connectivity index (χ2v) is 5.18. The van der Waals surface area contributed by atoms with Gasteiger partial charge in [-0.05, 0) is 19.1 Å². The number of nitrogens with two attached hydrogens (primary N) is 1. The topological polar surface area (TPSA) is 110 Å². The van der Waals surface area contributed by atoms with Crippen LogP contribution in [0, 0.1) is 0 Å². The molecule has 1 unspecified atom stereocenters. The lowest BCUT2D eigenvalue weighted by molar-refractivity contribution is -0.825. The van der Waals surface area contributed by atoms with Gasteiger partial charge in [0.15, 0.2) is 5.69 Å². The number of hydrogen-bond acceptors (Lipinski definition) is 6. The Bertz CT molecular complexity index is 894. The van der Waals surface area contributed by atoms with E-state index in [-0.39, 0.29) is 11.7 Å². The van der Waals surface area contributed by atoms with Crippen LogP contribution in [0.3, 0.4) is 0 Å². The maximum Gasteiger partial charge on any atom is 0.349 e. The molecule has 8 nitrogen and oxygen atoms in total. The molecule has 3 rings (SSSR count). The molecule has 0 amide bonds. The van der Waals surface area contributed by atoms with Gasteiger partial charge in [-0.15, -0.1) is 0 Å². The van der Waals surface area contributed by atoms with Gasteiger partial charge in [-0.2, -0.15) is 10.5 Å². The Labute approximate surface area is 131 Å². The second kappa shape index (κ2) is 6.11. The minimum Gasteiger partial charge on any atom is -0.360 e. The van der Waals surface area contributed by atoms with Gasteiger partial charge in [0.25, 0.3) is 0 Å². The van der Waals surface area contributed by atoms with E-state index in [1.165, 1.54) is 4.57 Å². The highest BCUT2D eigenvalue weighted by Gasteiger charge is 2.14.